The van der Waals surface area contributed by atoms with E-state index in [1.165, 1.54) is 0 Å². The number of halogens is 1. The van der Waals surface area contributed by atoms with Crippen LogP contribution in [-0.2, 0) is 0 Å². The van der Waals surface area contributed by atoms with Crippen LogP contribution >= 0.6 is 16.1 Å². The number of benzene rings is 1. The van der Waals surface area contributed by atoms with Gasteiger partial charge >= 0.3 is 0 Å². The van der Waals surface area contributed by atoms with Crippen molar-refractivity contribution < 1.29 is 0 Å². The Kier molecular flexibility index (Phi) is 1.39. The Bertz CT molecular complexity index is 392. The molecule has 2 nitrogen and oxygen atoms in total. The van der Waals surface area contributed by atoms with Crippen molar-refractivity contribution in [1.82, 2.24) is 3.59 Å². The largest absolute Gasteiger partial charge is 0.397 e. The number of hydrogen-bond acceptors (Lipinski definition) is 1. The summed E-state index contributed by atoms with van der Waals surface area (Å²) in [4.78, 5) is 0. The second kappa shape index (κ2) is 2.27. The fourth-order valence-corrected chi connectivity index (χ4v) is 1.71. The minimum absolute atomic E-state index is 0.796. The molecule has 0 amide bonds. The highest BCUT2D eigenvalue weighted by Crippen LogP contribution is 2.23. The van der Waals surface area contributed by atoms with Gasteiger partial charge in [0.15, 0.2) is 0 Å². The lowest BCUT2D eigenvalue weighted by molar-refractivity contribution is 1.39. The molecule has 1 aromatic carbocycles. The molecule has 11 heavy (non-hydrogen) atoms. The predicted octanol–water partition coefficient (Wildman–Crippen LogP) is 2.38. The summed E-state index contributed by atoms with van der Waals surface area (Å²) in [5.74, 6) is 0. The topological polar surface area (TPSA) is 30.9 Å². The third-order valence-electron chi connectivity index (χ3n) is 1.70. The van der Waals surface area contributed by atoms with Crippen LogP contribution in [0.5, 0.6) is 0 Å². The fraction of sp³-hybridized carbons (Fsp3) is 0. The summed E-state index contributed by atoms with van der Waals surface area (Å²) >= 11 is 3.35. The van der Waals surface area contributed by atoms with Crippen LogP contribution in [-0.4, -0.2) is 3.59 Å². The van der Waals surface area contributed by atoms with Crippen molar-refractivity contribution in [3.05, 3.63) is 30.5 Å². The SMILES string of the molecule is Nc1cccc2ccn(Br)c12. The highest BCUT2D eigenvalue weighted by atomic mass is 79.9. The Morgan fingerprint density at radius 1 is 1.27 bits per heavy atom. The minimum atomic E-state index is 0.796. The molecule has 0 fully saturated rings. The summed E-state index contributed by atoms with van der Waals surface area (Å²) in [6.07, 6.45) is 1.93. The normalized spacial score (nSPS) is 10.6. The summed E-state index contributed by atoms with van der Waals surface area (Å²) in [7, 11) is 0. The summed E-state index contributed by atoms with van der Waals surface area (Å²) in [5.41, 5.74) is 7.58. The Labute approximate surface area is 72.9 Å². The van der Waals surface area contributed by atoms with E-state index >= 15 is 0 Å². The molecule has 1 heterocycles. The molecule has 0 aliphatic heterocycles. The summed E-state index contributed by atoms with van der Waals surface area (Å²) in [5, 5.41) is 1.15. The molecule has 0 aliphatic carbocycles. The van der Waals surface area contributed by atoms with Gasteiger partial charge in [-0.1, -0.05) is 12.1 Å². The molecule has 0 saturated carbocycles. The molecule has 0 aliphatic rings. The zero-order valence-electron chi connectivity index (χ0n) is 5.79. The van der Waals surface area contributed by atoms with E-state index < -0.39 is 0 Å². The first-order valence-corrected chi connectivity index (χ1v) is 4.01. The monoisotopic (exact) mass is 210 g/mol. The molecule has 0 saturated heterocycles. The Hall–Kier alpha value is -0.960. The average Bonchev–Trinajstić information content (AvgIpc) is 2.34. The van der Waals surface area contributed by atoms with Gasteiger partial charge in [-0.25, -0.2) is 0 Å². The second-order valence-electron chi connectivity index (χ2n) is 2.41. The molecule has 0 spiro atoms. The van der Waals surface area contributed by atoms with Crippen LogP contribution in [0.2, 0.25) is 0 Å². The van der Waals surface area contributed by atoms with Crippen LogP contribution in [0.15, 0.2) is 30.5 Å². The zero-order chi connectivity index (χ0) is 7.84. The number of nitrogens with zero attached hydrogens (tertiary/aromatic N) is 1. The summed E-state index contributed by atoms with van der Waals surface area (Å²) in [6, 6.07) is 7.88. The third-order valence-corrected chi connectivity index (χ3v) is 2.29. The van der Waals surface area contributed by atoms with E-state index in [4.69, 9.17) is 5.73 Å². The van der Waals surface area contributed by atoms with Crippen LogP contribution in [0, 0.1) is 0 Å². The maximum atomic E-state index is 5.75. The van der Waals surface area contributed by atoms with E-state index in [-0.39, 0.29) is 0 Å². The number of aromatic nitrogens is 1. The van der Waals surface area contributed by atoms with Crippen molar-refractivity contribution in [2.45, 2.75) is 0 Å². The maximum absolute atomic E-state index is 5.75. The Morgan fingerprint density at radius 3 is 2.82 bits per heavy atom. The maximum Gasteiger partial charge on any atom is 0.0820 e. The number of fused-ring (bicyclic) bond motifs is 1. The van der Waals surface area contributed by atoms with E-state index in [0.717, 1.165) is 16.6 Å². The van der Waals surface area contributed by atoms with Gasteiger partial charge in [0, 0.05) is 11.6 Å². The lowest BCUT2D eigenvalue weighted by atomic mass is 10.2. The molecular formula is C8H7BrN2. The van der Waals surface area contributed by atoms with E-state index in [2.05, 4.69) is 16.1 Å². The Balaban J connectivity index is 2.96. The predicted molar refractivity (Wildman–Crippen MR) is 50.7 cm³/mol. The first-order chi connectivity index (χ1) is 5.29. The molecule has 2 rings (SSSR count). The zero-order valence-corrected chi connectivity index (χ0v) is 7.38. The minimum Gasteiger partial charge on any atom is -0.397 e. The van der Waals surface area contributed by atoms with Crippen molar-refractivity contribution in [3.8, 4) is 0 Å². The molecule has 1 aromatic heterocycles. The van der Waals surface area contributed by atoms with Gasteiger partial charge in [-0.15, -0.1) is 0 Å². The molecule has 2 aromatic rings. The van der Waals surface area contributed by atoms with Crippen molar-refractivity contribution in [1.29, 1.82) is 0 Å². The van der Waals surface area contributed by atoms with Gasteiger partial charge in [0.1, 0.15) is 0 Å². The van der Waals surface area contributed by atoms with Crippen molar-refractivity contribution in [2.24, 2.45) is 0 Å². The third kappa shape index (κ3) is 0.922. The molecule has 0 unspecified atom stereocenters. The number of rotatable bonds is 0. The molecule has 3 heteroatoms. The van der Waals surface area contributed by atoms with Crippen LogP contribution < -0.4 is 5.73 Å². The highest BCUT2D eigenvalue weighted by Gasteiger charge is 2.00. The highest BCUT2D eigenvalue weighted by molar-refractivity contribution is 9.08. The summed E-state index contributed by atoms with van der Waals surface area (Å²) in [6.45, 7) is 0. The van der Waals surface area contributed by atoms with Gasteiger partial charge in [0.25, 0.3) is 0 Å². The standard InChI is InChI=1S/C8H7BrN2/c9-11-5-4-6-2-1-3-7(10)8(6)11/h1-5H,10H2. The lowest BCUT2D eigenvalue weighted by Gasteiger charge is -1.97. The lowest BCUT2D eigenvalue weighted by Crippen LogP contribution is -1.87. The molecule has 0 bridgehead atoms. The van der Waals surface area contributed by atoms with Gasteiger partial charge in [-0.2, -0.15) is 0 Å². The van der Waals surface area contributed by atoms with Crippen LogP contribution in [0.3, 0.4) is 0 Å². The Morgan fingerprint density at radius 2 is 2.09 bits per heavy atom. The number of nitrogen functional groups attached to an aromatic ring is 1. The van der Waals surface area contributed by atoms with E-state index in [1.54, 1.807) is 0 Å². The fourth-order valence-electron chi connectivity index (χ4n) is 1.18. The first-order valence-electron chi connectivity index (χ1n) is 3.31. The molecule has 2 N–H and O–H groups in total. The van der Waals surface area contributed by atoms with Gasteiger partial charge in [0.05, 0.1) is 27.4 Å². The van der Waals surface area contributed by atoms with Crippen LogP contribution in [0.1, 0.15) is 0 Å². The van der Waals surface area contributed by atoms with Crippen LogP contribution in [0.4, 0.5) is 5.69 Å². The number of nitrogens with two attached hydrogens (primary N) is 1. The quantitative estimate of drug-likeness (QED) is 0.666. The second-order valence-corrected chi connectivity index (χ2v) is 3.18. The smallest absolute Gasteiger partial charge is 0.0820 e. The first kappa shape index (κ1) is 6.73. The summed E-state index contributed by atoms with van der Waals surface area (Å²) < 4.78 is 1.84. The number of hydrogen-bond donors (Lipinski definition) is 1. The van der Waals surface area contributed by atoms with Gasteiger partial charge in [-0.3, -0.25) is 3.59 Å². The van der Waals surface area contributed by atoms with Gasteiger partial charge < -0.3 is 5.73 Å². The van der Waals surface area contributed by atoms with Crippen molar-refractivity contribution in [2.75, 3.05) is 5.73 Å². The number of para-hydroxylation sites is 1. The van der Waals surface area contributed by atoms with E-state index in [1.807, 2.05) is 34.1 Å². The van der Waals surface area contributed by atoms with Crippen molar-refractivity contribution >= 4 is 32.7 Å². The molecule has 0 atom stereocenters. The van der Waals surface area contributed by atoms with Gasteiger partial charge in [0.2, 0.25) is 0 Å². The van der Waals surface area contributed by atoms with E-state index in [0.29, 0.717) is 0 Å². The van der Waals surface area contributed by atoms with Gasteiger partial charge in [-0.05, 0) is 12.1 Å². The van der Waals surface area contributed by atoms with Crippen LogP contribution in [0.25, 0.3) is 10.9 Å². The van der Waals surface area contributed by atoms with E-state index in [9.17, 15) is 0 Å². The number of anilines is 1. The average molecular weight is 211 g/mol. The molecular weight excluding hydrogens is 204 g/mol. The van der Waals surface area contributed by atoms with Crippen molar-refractivity contribution in [3.63, 3.8) is 0 Å². The molecule has 0 radical (unpaired) electrons. The molecule has 56 valence electrons.